The Labute approximate surface area is 125 Å². The van der Waals surface area contributed by atoms with Crippen molar-refractivity contribution in [3.63, 3.8) is 0 Å². The number of carbonyl (C=O) groups is 2. The lowest BCUT2D eigenvalue weighted by Crippen LogP contribution is -2.47. The Morgan fingerprint density at radius 1 is 1.29 bits per heavy atom. The van der Waals surface area contributed by atoms with E-state index in [1.807, 2.05) is 19.1 Å². The predicted octanol–water partition coefficient (Wildman–Crippen LogP) is 2.41. The van der Waals surface area contributed by atoms with Crippen molar-refractivity contribution in [2.75, 3.05) is 17.2 Å². The molecule has 0 aromatic heterocycles. The minimum atomic E-state index is -0.408. The fourth-order valence-corrected chi connectivity index (χ4v) is 2.47. The van der Waals surface area contributed by atoms with Gasteiger partial charge in [-0.3, -0.25) is 9.59 Å². The van der Waals surface area contributed by atoms with E-state index in [0.29, 0.717) is 18.7 Å². The molecular formula is C16H23N3O2. The van der Waals surface area contributed by atoms with Crippen molar-refractivity contribution in [2.24, 2.45) is 11.1 Å². The van der Waals surface area contributed by atoms with Gasteiger partial charge in [-0.1, -0.05) is 19.4 Å². The number of rotatable bonds is 5. The fraction of sp³-hybridized carbons (Fsp3) is 0.500. The van der Waals surface area contributed by atoms with Crippen molar-refractivity contribution in [1.82, 2.24) is 0 Å². The normalized spacial score (nSPS) is 16.0. The highest BCUT2D eigenvalue weighted by Gasteiger charge is 2.42. The van der Waals surface area contributed by atoms with Crippen molar-refractivity contribution in [1.29, 1.82) is 0 Å². The van der Waals surface area contributed by atoms with Crippen LogP contribution in [-0.2, 0) is 9.59 Å². The SMILES string of the molecule is CCC(=O)Nc1ccc(C)c(NC(=O)C2(CN)CCC2)c1. The van der Waals surface area contributed by atoms with Gasteiger partial charge in [0.2, 0.25) is 11.8 Å². The zero-order valence-electron chi connectivity index (χ0n) is 12.7. The molecule has 0 saturated heterocycles. The van der Waals surface area contributed by atoms with Gasteiger partial charge < -0.3 is 16.4 Å². The highest BCUT2D eigenvalue weighted by molar-refractivity contribution is 5.98. The van der Waals surface area contributed by atoms with Crippen LogP contribution in [0.4, 0.5) is 11.4 Å². The molecule has 0 heterocycles. The number of carbonyl (C=O) groups excluding carboxylic acids is 2. The number of amides is 2. The van der Waals surface area contributed by atoms with E-state index in [4.69, 9.17) is 5.73 Å². The summed E-state index contributed by atoms with van der Waals surface area (Å²) >= 11 is 0. The van der Waals surface area contributed by atoms with E-state index in [0.717, 1.165) is 30.5 Å². The quantitative estimate of drug-likeness (QED) is 0.778. The zero-order chi connectivity index (χ0) is 15.5. The Morgan fingerprint density at radius 3 is 2.52 bits per heavy atom. The fourth-order valence-electron chi connectivity index (χ4n) is 2.47. The van der Waals surface area contributed by atoms with E-state index in [9.17, 15) is 9.59 Å². The molecule has 1 fully saturated rings. The van der Waals surface area contributed by atoms with Crippen molar-refractivity contribution >= 4 is 23.2 Å². The van der Waals surface area contributed by atoms with Crippen LogP contribution < -0.4 is 16.4 Å². The Kier molecular flexibility index (Phi) is 4.63. The smallest absolute Gasteiger partial charge is 0.231 e. The van der Waals surface area contributed by atoms with Crippen LogP contribution in [0.1, 0.15) is 38.2 Å². The van der Waals surface area contributed by atoms with Gasteiger partial charge in [0.25, 0.3) is 0 Å². The average Bonchev–Trinajstić information content (AvgIpc) is 2.41. The van der Waals surface area contributed by atoms with Crippen LogP contribution in [0.2, 0.25) is 0 Å². The molecule has 1 saturated carbocycles. The molecule has 5 heteroatoms. The van der Waals surface area contributed by atoms with Gasteiger partial charge in [0.05, 0.1) is 5.41 Å². The van der Waals surface area contributed by atoms with E-state index in [1.165, 1.54) is 0 Å². The maximum absolute atomic E-state index is 12.4. The largest absolute Gasteiger partial charge is 0.329 e. The lowest BCUT2D eigenvalue weighted by molar-refractivity contribution is -0.129. The van der Waals surface area contributed by atoms with Crippen LogP contribution in [0, 0.1) is 12.3 Å². The van der Waals surface area contributed by atoms with Gasteiger partial charge >= 0.3 is 0 Å². The third-order valence-corrected chi connectivity index (χ3v) is 4.27. The van der Waals surface area contributed by atoms with Gasteiger partial charge in [-0.15, -0.1) is 0 Å². The predicted molar refractivity (Wildman–Crippen MR) is 84.1 cm³/mol. The first kappa shape index (κ1) is 15.5. The summed E-state index contributed by atoms with van der Waals surface area (Å²) in [5, 5.41) is 5.76. The minimum Gasteiger partial charge on any atom is -0.329 e. The van der Waals surface area contributed by atoms with Crippen LogP contribution >= 0.6 is 0 Å². The molecular weight excluding hydrogens is 266 g/mol. The molecule has 0 aliphatic heterocycles. The van der Waals surface area contributed by atoms with Crippen molar-refractivity contribution < 1.29 is 9.59 Å². The summed E-state index contributed by atoms with van der Waals surface area (Å²) in [4.78, 5) is 23.9. The lowest BCUT2D eigenvalue weighted by Gasteiger charge is -2.39. The molecule has 2 amide bonds. The Morgan fingerprint density at radius 2 is 2.00 bits per heavy atom. The van der Waals surface area contributed by atoms with Crippen LogP contribution in [0.15, 0.2) is 18.2 Å². The number of anilines is 2. The molecule has 0 atom stereocenters. The first-order valence-corrected chi connectivity index (χ1v) is 7.43. The van der Waals surface area contributed by atoms with Gasteiger partial charge in [-0.2, -0.15) is 0 Å². The van der Waals surface area contributed by atoms with Crippen LogP contribution in [0.5, 0.6) is 0 Å². The minimum absolute atomic E-state index is 0.0154. The number of hydrogen-bond donors (Lipinski definition) is 3. The van der Waals surface area contributed by atoms with Crippen molar-refractivity contribution in [3.05, 3.63) is 23.8 Å². The number of aryl methyl sites for hydroxylation is 1. The molecule has 0 unspecified atom stereocenters. The number of nitrogens with two attached hydrogens (primary N) is 1. The standard InChI is InChI=1S/C16H23N3O2/c1-3-14(20)18-12-6-5-11(2)13(9-12)19-15(21)16(10-17)7-4-8-16/h5-6,9H,3-4,7-8,10,17H2,1-2H3,(H,18,20)(H,19,21). The van der Waals surface area contributed by atoms with Crippen LogP contribution in [-0.4, -0.2) is 18.4 Å². The van der Waals surface area contributed by atoms with Crippen LogP contribution in [0.3, 0.4) is 0 Å². The second-order valence-corrected chi connectivity index (χ2v) is 5.72. The Balaban J connectivity index is 2.13. The van der Waals surface area contributed by atoms with E-state index in [1.54, 1.807) is 13.0 Å². The van der Waals surface area contributed by atoms with Crippen molar-refractivity contribution in [2.45, 2.75) is 39.5 Å². The summed E-state index contributed by atoms with van der Waals surface area (Å²) in [6.07, 6.45) is 3.17. The summed E-state index contributed by atoms with van der Waals surface area (Å²) in [5.41, 5.74) is 7.74. The first-order valence-electron chi connectivity index (χ1n) is 7.43. The zero-order valence-corrected chi connectivity index (χ0v) is 12.7. The van der Waals surface area contributed by atoms with E-state index in [2.05, 4.69) is 10.6 Å². The lowest BCUT2D eigenvalue weighted by atomic mass is 9.68. The molecule has 1 aromatic rings. The topological polar surface area (TPSA) is 84.2 Å². The third-order valence-electron chi connectivity index (χ3n) is 4.27. The summed E-state index contributed by atoms with van der Waals surface area (Å²) in [6, 6.07) is 5.51. The summed E-state index contributed by atoms with van der Waals surface area (Å²) in [7, 11) is 0. The van der Waals surface area contributed by atoms with E-state index in [-0.39, 0.29) is 11.8 Å². The highest BCUT2D eigenvalue weighted by atomic mass is 16.2. The molecule has 0 bridgehead atoms. The van der Waals surface area contributed by atoms with Gasteiger partial charge in [0.15, 0.2) is 0 Å². The molecule has 2 rings (SSSR count). The molecule has 114 valence electrons. The van der Waals surface area contributed by atoms with E-state index >= 15 is 0 Å². The van der Waals surface area contributed by atoms with Gasteiger partial charge in [-0.25, -0.2) is 0 Å². The molecule has 1 aromatic carbocycles. The Bertz CT molecular complexity index is 545. The molecule has 1 aliphatic rings. The number of hydrogen-bond acceptors (Lipinski definition) is 3. The number of nitrogens with one attached hydrogen (secondary N) is 2. The third kappa shape index (κ3) is 3.24. The molecule has 5 nitrogen and oxygen atoms in total. The molecule has 21 heavy (non-hydrogen) atoms. The van der Waals surface area contributed by atoms with Gasteiger partial charge in [-0.05, 0) is 37.5 Å². The second-order valence-electron chi connectivity index (χ2n) is 5.72. The molecule has 1 aliphatic carbocycles. The molecule has 4 N–H and O–H groups in total. The Hall–Kier alpha value is -1.88. The monoisotopic (exact) mass is 289 g/mol. The van der Waals surface area contributed by atoms with Gasteiger partial charge in [0, 0.05) is 24.3 Å². The summed E-state index contributed by atoms with van der Waals surface area (Å²) in [5.74, 6) is -0.0631. The highest BCUT2D eigenvalue weighted by Crippen LogP contribution is 2.41. The van der Waals surface area contributed by atoms with Crippen LogP contribution in [0.25, 0.3) is 0 Å². The summed E-state index contributed by atoms with van der Waals surface area (Å²) in [6.45, 7) is 4.11. The maximum Gasteiger partial charge on any atom is 0.231 e. The number of benzene rings is 1. The van der Waals surface area contributed by atoms with Gasteiger partial charge in [0.1, 0.15) is 0 Å². The van der Waals surface area contributed by atoms with Crippen molar-refractivity contribution in [3.8, 4) is 0 Å². The molecule has 0 radical (unpaired) electrons. The maximum atomic E-state index is 12.4. The van der Waals surface area contributed by atoms with E-state index < -0.39 is 5.41 Å². The average molecular weight is 289 g/mol. The first-order chi connectivity index (χ1) is 10.0. The second kappa shape index (κ2) is 6.26. The molecule has 0 spiro atoms. The summed E-state index contributed by atoms with van der Waals surface area (Å²) < 4.78 is 0.